The van der Waals surface area contributed by atoms with E-state index in [0.717, 1.165) is 15.6 Å². The Balaban J connectivity index is 1.63. The molecular weight excluding hydrogens is 442 g/mol. The fourth-order valence-electron chi connectivity index (χ4n) is 3.68. The molecule has 0 radical (unpaired) electrons. The van der Waals surface area contributed by atoms with Gasteiger partial charge in [0.15, 0.2) is 11.4 Å². The Morgan fingerprint density at radius 1 is 1.00 bits per heavy atom. The van der Waals surface area contributed by atoms with Gasteiger partial charge >= 0.3 is 0 Å². The van der Waals surface area contributed by atoms with Crippen molar-refractivity contribution in [2.75, 3.05) is 4.90 Å². The summed E-state index contributed by atoms with van der Waals surface area (Å²) >= 11 is 3.41. The van der Waals surface area contributed by atoms with E-state index in [1.807, 2.05) is 66.7 Å². The van der Waals surface area contributed by atoms with Gasteiger partial charge in [-0.3, -0.25) is 9.59 Å². The van der Waals surface area contributed by atoms with Crippen molar-refractivity contribution in [2.24, 2.45) is 0 Å². The fourth-order valence-corrected chi connectivity index (χ4v) is 4.04. The zero-order valence-corrected chi connectivity index (χ0v) is 17.7. The predicted octanol–water partition coefficient (Wildman–Crippen LogP) is 4.86. The highest BCUT2D eigenvalue weighted by Crippen LogP contribution is 2.44. The number of fused-ring (bicyclic) bond motifs is 1. The van der Waals surface area contributed by atoms with Gasteiger partial charge < -0.3 is 10.0 Å². The summed E-state index contributed by atoms with van der Waals surface area (Å²) in [5.41, 5.74) is 0.990. The third-order valence-corrected chi connectivity index (χ3v) is 5.66. The molecule has 0 saturated heterocycles. The lowest BCUT2D eigenvalue weighted by molar-refractivity contribution is -0.140. The van der Waals surface area contributed by atoms with Crippen LogP contribution in [0.25, 0.3) is 6.08 Å². The molecule has 1 heterocycles. The van der Waals surface area contributed by atoms with Gasteiger partial charge in [-0.25, -0.2) is 0 Å². The van der Waals surface area contributed by atoms with Crippen LogP contribution in [0.3, 0.4) is 0 Å². The lowest BCUT2D eigenvalue weighted by Crippen LogP contribution is -2.41. The third kappa shape index (κ3) is 3.99. The molecule has 0 spiro atoms. The number of carbonyl (C=O) groups excluding carboxylic acids is 2. The van der Waals surface area contributed by atoms with Crippen molar-refractivity contribution in [2.45, 2.75) is 18.6 Å². The Bertz CT molecular complexity index is 1110. The van der Waals surface area contributed by atoms with Gasteiger partial charge in [0.2, 0.25) is 0 Å². The van der Waals surface area contributed by atoms with Gasteiger partial charge in [0.1, 0.15) is 0 Å². The topological polar surface area (TPSA) is 57.6 Å². The summed E-state index contributed by atoms with van der Waals surface area (Å²) in [7, 11) is 0. The minimum atomic E-state index is -1.90. The number of halogens is 1. The van der Waals surface area contributed by atoms with Gasteiger partial charge in [-0.1, -0.05) is 82.7 Å². The fraction of sp³-hybridized carbons (Fsp3) is 0.120. The van der Waals surface area contributed by atoms with Crippen molar-refractivity contribution in [3.8, 4) is 0 Å². The van der Waals surface area contributed by atoms with Crippen LogP contribution in [-0.4, -0.2) is 16.8 Å². The lowest BCUT2D eigenvalue weighted by Gasteiger charge is -2.22. The first-order chi connectivity index (χ1) is 14.5. The average molecular weight is 462 g/mol. The molecule has 0 aliphatic carbocycles. The molecule has 0 fully saturated rings. The normalized spacial score (nSPS) is 18.1. The first-order valence-electron chi connectivity index (χ1n) is 9.62. The molecule has 1 atom stereocenters. The molecule has 0 unspecified atom stereocenters. The molecule has 0 saturated carbocycles. The number of allylic oxidation sites excluding steroid dienone is 1. The van der Waals surface area contributed by atoms with E-state index in [-0.39, 0.29) is 12.2 Å². The second kappa shape index (κ2) is 8.38. The largest absolute Gasteiger partial charge is 0.375 e. The minimum absolute atomic E-state index is 0.316. The van der Waals surface area contributed by atoms with E-state index >= 15 is 0 Å². The summed E-state index contributed by atoms with van der Waals surface area (Å²) in [5, 5.41) is 11.4. The van der Waals surface area contributed by atoms with E-state index in [9.17, 15) is 14.7 Å². The zero-order valence-electron chi connectivity index (χ0n) is 16.2. The van der Waals surface area contributed by atoms with Crippen LogP contribution in [0, 0.1) is 0 Å². The van der Waals surface area contributed by atoms with Gasteiger partial charge in [-0.15, -0.1) is 0 Å². The Kier molecular flexibility index (Phi) is 5.66. The third-order valence-electron chi connectivity index (χ3n) is 5.17. The maximum atomic E-state index is 13.3. The molecule has 4 nitrogen and oxygen atoms in total. The first-order valence-corrected chi connectivity index (χ1v) is 10.4. The zero-order chi connectivity index (χ0) is 21.1. The summed E-state index contributed by atoms with van der Waals surface area (Å²) in [6.45, 7) is 0.324. The number of carbonyl (C=O) groups is 2. The lowest BCUT2D eigenvalue weighted by atomic mass is 9.89. The van der Waals surface area contributed by atoms with E-state index in [1.165, 1.54) is 6.08 Å². The van der Waals surface area contributed by atoms with Gasteiger partial charge in [0.05, 0.1) is 18.7 Å². The molecule has 150 valence electrons. The highest BCUT2D eigenvalue weighted by atomic mass is 79.9. The van der Waals surface area contributed by atoms with E-state index in [0.29, 0.717) is 17.8 Å². The predicted molar refractivity (Wildman–Crippen MR) is 121 cm³/mol. The molecule has 3 aromatic carbocycles. The van der Waals surface area contributed by atoms with Gasteiger partial charge in [-0.2, -0.15) is 0 Å². The standard InChI is InChI=1S/C25H20BrNO3/c26-20-12-14-23-22(15-20)25(30,16-21(28)13-11-18-7-3-1-4-8-18)24(29)27(23)17-19-9-5-2-6-10-19/h1-15,30H,16-17H2/b13-11+/t25-/m1/s1. The maximum Gasteiger partial charge on any atom is 0.264 e. The number of anilines is 1. The second-order valence-electron chi connectivity index (χ2n) is 7.29. The monoisotopic (exact) mass is 461 g/mol. The summed E-state index contributed by atoms with van der Waals surface area (Å²) in [6, 6.07) is 24.3. The van der Waals surface area contributed by atoms with E-state index in [4.69, 9.17) is 0 Å². The number of nitrogens with zero attached hydrogens (tertiary/aromatic N) is 1. The SMILES string of the molecule is O=C(/C=C/c1ccccc1)C[C@]1(O)C(=O)N(Cc2ccccc2)c2ccc(Br)cc21. The number of benzene rings is 3. The smallest absolute Gasteiger partial charge is 0.264 e. The molecule has 1 aliphatic heterocycles. The molecule has 1 N–H and O–H groups in total. The number of amides is 1. The van der Waals surface area contributed by atoms with Crippen LogP contribution < -0.4 is 4.90 Å². The van der Waals surface area contributed by atoms with Crippen molar-refractivity contribution in [3.05, 3.63) is 106 Å². The molecule has 1 aliphatic rings. The number of hydrogen-bond donors (Lipinski definition) is 1. The van der Waals surface area contributed by atoms with Crippen LogP contribution in [0.15, 0.2) is 89.4 Å². The van der Waals surface area contributed by atoms with Gasteiger partial charge in [0.25, 0.3) is 5.91 Å². The Hall–Kier alpha value is -3.02. The summed E-state index contributed by atoms with van der Waals surface area (Å²) < 4.78 is 0.737. The number of aliphatic hydroxyl groups is 1. The molecule has 0 bridgehead atoms. The summed E-state index contributed by atoms with van der Waals surface area (Å²) in [4.78, 5) is 27.5. The second-order valence-corrected chi connectivity index (χ2v) is 8.20. The summed E-state index contributed by atoms with van der Waals surface area (Å²) in [5.74, 6) is -0.803. The molecule has 4 rings (SSSR count). The molecule has 5 heteroatoms. The maximum absolute atomic E-state index is 13.3. The number of hydrogen-bond acceptors (Lipinski definition) is 3. The van der Waals surface area contributed by atoms with Crippen LogP contribution in [0.4, 0.5) is 5.69 Å². The highest BCUT2D eigenvalue weighted by Gasteiger charge is 2.50. The van der Waals surface area contributed by atoms with Gasteiger partial charge in [-0.05, 0) is 35.4 Å². The van der Waals surface area contributed by atoms with Crippen molar-refractivity contribution in [1.82, 2.24) is 0 Å². The van der Waals surface area contributed by atoms with Crippen molar-refractivity contribution in [3.63, 3.8) is 0 Å². The molecule has 0 aromatic heterocycles. The van der Waals surface area contributed by atoms with E-state index < -0.39 is 11.5 Å². The number of rotatable bonds is 6. The van der Waals surface area contributed by atoms with Crippen LogP contribution >= 0.6 is 15.9 Å². The first kappa shape index (κ1) is 20.3. The van der Waals surface area contributed by atoms with E-state index in [2.05, 4.69) is 15.9 Å². The molecule has 1 amide bonds. The van der Waals surface area contributed by atoms with Crippen LogP contribution in [0.1, 0.15) is 23.1 Å². The van der Waals surface area contributed by atoms with Crippen LogP contribution in [0.5, 0.6) is 0 Å². The molecular formula is C25H20BrNO3. The summed E-state index contributed by atoms with van der Waals surface area (Å²) in [6.07, 6.45) is 2.79. The van der Waals surface area contributed by atoms with Crippen LogP contribution in [-0.2, 0) is 21.7 Å². The highest BCUT2D eigenvalue weighted by molar-refractivity contribution is 9.10. The van der Waals surface area contributed by atoms with Crippen molar-refractivity contribution >= 4 is 39.4 Å². The Labute approximate surface area is 183 Å². The Morgan fingerprint density at radius 3 is 2.37 bits per heavy atom. The Morgan fingerprint density at radius 2 is 1.67 bits per heavy atom. The number of ketones is 1. The molecule has 30 heavy (non-hydrogen) atoms. The van der Waals surface area contributed by atoms with Gasteiger partial charge in [0, 0.05) is 10.0 Å². The van der Waals surface area contributed by atoms with Crippen LogP contribution in [0.2, 0.25) is 0 Å². The van der Waals surface area contributed by atoms with Crippen molar-refractivity contribution < 1.29 is 14.7 Å². The average Bonchev–Trinajstić information content (AvgIpc) is 2.95. The quantitative estimate of drug-likeness (QED) is 0.533. The van der Waals surface area contributed by atoms with Crippen molar-refractivity contribution in [1.29, 1.82) is 0 Å². The van der Waals surface area contributed by atoms with E-state index in [1.54, 1.807) is 23.1 Å². The minimum Gasteiger partial charge on any atom is -0.375 e. The molecule has 3 aromatic rings.